The molecule has 0 saturated carbocycles. The van der Waals surface area contributed by atoms with Crippen LogP contribution < -0.4 is 11.1 Å². The highest BCUT2D eigenvalue weighted by Crippen LogP contribution is 2.23. The molecule has 2 atom stereocenters. The lowest BCUT2D eigenvalue weighted by atomic mass is 10.0. The van der Waals surface area contributed by atoms with Gasteiger partial charge in [-0.1, -0.05) is 41.1 Å². The van der Waals surface area contributed by atoms with E-state index in [-0.39, 0.29) is 17.9 Å². The van der Waals surface area contributed by atoms with E-state index in [0.29, 0.717) is 6.54 Å². The zero-order chi connectivity index (χ0) is 13.5. The first-order chi connectivity index (χ1) is 8.56. The van der Waals surface area contributed by atoms with Gasteiger partial charge in [0.25, 0.3) is 0 Å². The summed E-state index contributed by atoms with van der Waals surface area (Å²) in [6.07, 6.45) is 1.73. The summed E-state index contributed by atoms with van der Waals surface area (Å²) in [5.41, 5.74) is 6.55. The Bertz CT molecular complexity index is 395. The Morgan fingerprint density at radius 1 is 1.39 bits per heavy atom. The first kappa shape index (κ1) is 15.2. The van der Waals surface area contributed by atoms with E-state index in [1.54, 1.807) is 0 Å². The predicted molar refractivity (Wildman–Crippen MR) is 78.2 cm³/mol. The summed E-state index contributed by atoms with van der Waals surface area (Å²) in [6.45, 7) is 4.57. The Balaban J connectivity index is 2.57. The molecule has 0 aliphatic rings. The fraction of sp³-hybridized carbons (Fsp3) is 0.500. The largest absolute Gasteiger partial charge is 0.349 e. The molecule has 0 saturated heterocycles. The van der Waals surface area contributed by atoms with Crippen LogP contribution >= 0.6 is 15.9 Å². The molecular weight excluding hydrogens is 292 g/mol. The second-order valence-corrected chi connectivity index (χ2v) is 5.44. The fourth-order valence-corrected chi connectivity index (χ4v) is 2.44. The highest BCUT2D eigenvalue weighted by Gasteiger charge is 2.16. The Kier molecular flexibility index (Phi) is 6.36. The van der Waals surface area contributed by atoms with Crippen LogP contribution in [0.1, 0.15) is 38.3 Å². The number of benzene rings is 1. The van der Waals surface area contributed by atoms with Crippen molar-refractivity contribution < 1.29 is 4.79 Å². The van der Waals surface area contributed by atoms with Gasteiger partial charge in [0.15, 0.2) is 0 Å². The quantitative estimate of drug-likeness (QED) is 0.848. The SMILES string of the molecule is CC(CCCN)C(=O)N[C@H](C)c1ccccc1Br. The van der Waals surface area contributed by atoms with Gasteiger partial charge in [-0.05, 0) is 37.9 Å². The number of hydrogen-bond acceptors (Lipinski definition) is 2. The summed E-state index contributed by atoms with van der Waals surface area (Å²) in [5, 5.41) is 3.04. The maximum absolute atomic E-state index is 12.0. The second kappa shape index (κ2) is 7.54. The molecular formula is C14H21BrN2O. The molecule has 0 aromatic heterocycles. The second-order valence-electron chi connectivity index (χ2n) is 4.58. The van der Waals surface area contributed by atoms with Gasteiger partial charge in [-0.2, -0.15) is 0 Å². The molecule has 0 aliphatic carbocycles. The summed E-state index contributed by atoms with van der Waals surface area (Å²) >= 11 is 3.50. The summed E-state index contributed by atoms with van der Waals surface area (Å²) in [7, 11) is 0. The van der Waals surface area contributed by atoms with E-state index in [9.17, 15) is 4.79 Å². The third-order valence-electron chi connectivity index (χ3n) is 3.02. The van der Waals surface area contributed by atoms with Crippen molar-refractivity contribution in [1.82, 2.24) is 5.32 Å². The number of amides is 1. The van der Waals surface area contributed by atoms with Gasteiger partial charge in [0.1, 0.15) is 0 Å². The standard InChI is InChI=1S/C14H21BrN2O/c1-10(6-5-9-16)14(18)17-11(2)12-7-3-4-8-13(12)15/h3-4,7-8,10-11H,5-6,9,16H2,1-2H3,(H,17,18)/t10?,11-/m1/s1. The summed E-state index contributed by atoms with van der Waals surface area (Å²) in [6, 6.07) is 7.94. The van der Waals surface area contributed by atoms with E-state index < -0.39 is 0 Å². The molecule has 0 fully saturated rings. The molecule has 0 radical (unpaired) electrons. The van der Waals surface area contributed by atoms with Crippen molar-refractivity contribution in [2.75, 3.05) is 6.54 Å². The molecule has 4 heteroatoms. The highest BCUT2D eigenvalue weighted by molar-refractivity contribution is 9.10. The minimum atomic E-state index is 0.00778. The van der Waals surface area contributed by atoms with Gasteiger partial charge in [-0.15, -0.1) is 0 Å². The normalized spacial score (nSPS) is 14.0. The third-order valence-corrected chi connectivity index (χ3v) is 3.74. The number of nitrogens with two attached hydrogens (primary N) is 1. The molecule has 0 aliphatic heterocycles. The van der Waals surface area contributed by atoms with Crippen molar-refractivity contribution in [2.45, 2.75) is 32.7 Å². The van der Waals surface area contributed by atoms with Crippen LogP contribution in [0.5, 0.6) is 0 Å². The van der Waals surface area contributed by atoms with Crippen LogP contribution in [0.4, 0.5) is 0 Å². The maximum Gasteiger partial charge on any atom is 0.223 e. The summed E-state index contributed by atoms with van der Waals surface area (Å²) in [5.74, 6) is 0.102. The van der Waals surface area contributed by atoms with Crippen molar-refractivity contribution in [1.29, 1.82) is 0 Å². The van der Waals surface area contributed by atoms with Gasteiger partial charge < -0.3 is 11.1 Å². The first-order valence-electron chi connectivity index (χ1n) is 6.31. The van der Waals surface area contributed by atoms with E-state index >= 15 is 0 Å². The van der Waals surface area contributed by atoms with Crippen LogP contribution in [0.25, 0.3) is 0 Å². The van der Waals surface area contributed by atoms with E-state index in [2.05, 4.69) is 21.2 Å². The number of hydrogen-bond donors (Lipinski definition) is 2. The molecule has 0 bridgehead atoms. The molecule has 18 heavy (non-hydrogen) atoms. The van der Waals surface area contributed by atoms with E-state index in [1.165, 1.54) is 0 Å². The minimum Gasteiger partial charge on any atom is -0.349 e. The average molecular weight is 313 g/mol. The molecule has 100 valence electrons. The van der Waals surface area contributed by atoms with Gasteiger partial charge in [0.2, 0.25) is 5.91 Å². The van der Waals surface area contributed by atoms with Crippen LogP contribution in [0.3, 0.4) is 0 Å². The molecule has 1 rings (SSSR count). The van der Waals surface area contributed by atoms with Gasteiger partial charge in [-0.3, -0.25) is 4.79 Å². The Hall–Kier alpha value is -0.870. The Morgan fingerprint density at radius 3 is 2.67 bits per heavy atom. The summed E-state index contributed by atoms with van der Waals surface area (Å²) < 4.78 is 1.02. The van der Waals surface area contributed by atoms with E-state index in [4.69, 9.17) is 5.73 Å². The summed E-state index contributed by atoms with van der Waals surface area (Å²) in [4.78, 5) is 12.0. The number of carbonyl (C=O) groups is 1. The van der Waals surface area contributed by atoms with Gasteiger partial charge in [0, 0.05) is 10.4 Å². The molecule has 3 nitrogen and oxygen atoms in total. The van der Waals surface area contributed by atoms with Crippen molar-refractivity contribution in [3.05, 3.63) is 34.3 Å². The lowest BCUT2D eigenvalue weighted by molar-refractivity contribution is -0.125. The maximum atomic E-state index is 12.0. The number of halogens is 1. The van der Waals surface area contributed by atoms with Gasteiger partial charge in [0.05, 0.1) is 6.04 Å². The minimum absolute atomic E-state index is 0.00778. The lowest BCUT2D eigenvalue weighted by Crippen LogP contribution is -2.32. The van der Waals surface area contributed by atoms with Crippen molar-refractivity contribution >= 4 is 21.8 Å². The van der Waals surface area contributed by atoms with Crippen LogP contribution in [0, 0.1) is 5.92 Å². The Labute approximate surface area is 117 Å². The smallest absolute Gasteiger partial charge is 0.223 e. The molecule has 0 heterocycles. The van der Waals surface area contributed by atoms with E-state index in [1.807, 2.05) is 38.1 Å². The average Bonchev–Trinajstić information content (AvgIpc) is 2.36. The van der Waals surface area contributed by atoms with Gasteiger partial charge in [-0.25, -0.2) is 0 Å². The first-order valence-corrected chi connectivity index (χ1v) is 7.10. The molecule has 1 unspecified atom stereocenters. The lowest BCUT2D eigenvalue weighted by Gasteiger charge is -2.18. The Morgan fingerprint density at radius 2 is 2.06 bits per heavy atom. The molecule has 0 spiro atoms. The van der Waals surface area contributed by atoms with Crippen LogP contribution in [0.15, 0.2) is 28.7 Å². The van der Waals surface area contributed by atoms with Crippen molar-refractivity contribution in [2.24, 2.45) is 11.7 Å². The zero-order valence-electron chi connectivity index (χ0n) is 10.9. The molecule has 1 aromatic carbocycles. The zero-order valence-corrected chi connectivity index (χ0v) is 12.5. The monoisotopic (exact) mass is 312 g/mol. The highest BCUT2D eigenvalue weighted by atomic mass is 79.9. The third kappa shape index (κ3) is 4.42. The van der Waals surface area contributed by atoms with Crippen LogP contribution in [0.2, 0.25) is 0 Å². The molecule has 3 N–H and O–H groups in total. The topological polar surface area (TPSA) is 55.1 Å². The molecule has 1 aromatic rings. The number of nitrogens with one attached hydrogen (secondary N) is 1. The van der Waals surface area contributed by atoms with Crippen LogP contribution in [-0.4, -0.2) is 12.5 Å². The van der Waals surface area contributed by atoms with Crippen LogP contribution in [-0.2, 0) is 4.79 Å². The predicted octanol–water partition coefficient (Wildman–Crippen LogP) is 3.00. The van der Waals surface area contributed by atoms with Crippen molar-refractivity contribution in [3.63, 3.8) is 0 Å². The number of carbonyl (C=O) groups excluding carboxylic acids is 1. The fourth-order valence-electron chi connectivity index (χ4n) is 1.81. The van der Waals surface area contributed by atoms with Gasteiger partial charge >= 0.3 is 0 Å². The van der Waals surface area contributed by atoms with E-state index in [0.717, 1.165) is 22.9 Å². The van der Waals surface area contributed by atoms with Crippen molar-refractivity contribution in [3.8, 4) is 0 Å². The molecule has 1 amide bonds. The number of rotatable bonds is 6.